The zero-order chi connectivity index (χ0) is 12.1. The standard InChI is InChI=1S/C10H12N3O3/c11-8(14)5-6-1-3-7(4-2-6)13-9(12)10(15)16/h1-4,9,11,13H,5,12H2,(H,15,16). The van der Waals surface area contributed by atoms with Crippen LogP contribution in [0.25, 0.3) is 0 Å². The van der Waals surface area contributed by atoms with Crippen molar-refractivity contribution in [2.75, 3.05) is 5.32 Å². The highest BCUT2D eigenvalue weighted by Crippen LogP contribution is 2.10. The molecule has 0 aliphatic heterocycles. The molecule has 1 atom stereocenters. The summed E-state index contributed by atoms with van der Waals surface area (Å²) >= 11 is 0. The minimum Gasteiger partial charge on any atom is -0.479 e. The van der Waals surface area contributed by atoms with Crippen LogP contribution < -0.4 is 16.8 Å². The molecule has 1 aromatic rings. The third-order valence-electron chi connectivity index (χ3n) is 1.91. The molecule has 1 unspecified atom stereocenters. The molecule has 0 aliphatic rings. The van der Waals surface area contributed by atoms with Gasteiger partial charge in [-0.1, -0.05) is 12.1 Å². The van der Waals surface area contributed by atoms with E-state index in [-0.39, 0.29) is 6.42 Å². The van der Waals surface area contributed by atoms with E-state index in [2.05, 4.69) is 5.32 Å². The number of carbonyl (C=O) groups is 2. The van der Waals surface area contributed by atoms with Crippen LogP contribution in [0.15, 0.2) is 24.3 Å². The van der Waals surface area contributed by atoms with Gasteiger partial charge in [-0.05, 0) is 17.7 Å². The lowest BCUT2D eigenvalue weighted by Crippen LogP contribution is -2.37. The fourth-order valence-electron chi connectivity index (χ4n) is 1.15. The SMILES string of the molecule is [NH]C(=O)Cc1ccc(NC(N)C(=O)O)cc1. The maximum atomic E-state index is 10.5. The Hall–Kier alpha value is -2.08. The second-order valence-corrected chi connectivity index (χ2v) is 3.26. The molecule has 16 heavy (non-hydrogen) atoms. The Bertz CT molecular complexity index is 389. The Labute approximate surface area is 92.2 Å². The first-order valence-electron chi connectivity index (χ1n) is 4.57. The Morgan fingerprint density at radius 2 is 1.94 bits per heavy atom. The van der Waals surface area contributed by atoms with Gasteiger partial charge in [0, 0.05) is 5.69 Å². The first-order chi connectivity index (χ1) is 7.49. The number of benzene rings is 1. The number of carboxylic acid groups (broad SMARTS) is 1. The number of rotatable bonds is 5. The molecule has 0 saturated heterocycles. The summed E-state index contributed by atoms with van der Waals surface area (Å²) in [4.78, 5) is 21.0. The van der Waals surface area contributed by atoms with Gasteiger partial charge in [-0.25, -0.2) is 4.79 Å². The van der Waals surface area contributed by atoms with Crippen molar-refractivity contribution in [1.82, 2.24) is 5.73 Å². The topological polar surface area (TPSA) is 116 Å². The summed E-state index contributed by atoms with van der Waals surface area (Å²) < 4.78 is 0. The molecule has 0 fully saturated rings. The highest BCUT2D eigenvalue weighted by molar-refractivity contribution is 5.77. The van der Waals surface area contributed by atoms with E-state index < -0.39 is 18.0 Å². The van der Waals surface area contributed by atoms with Crippen LogP contribution in [0.1, 0.15) is 5.56 Å². The van der Waals surface area contributed by atoms with Crippen LogP contribution in [0.2, 0.25) is 0 Å². The molecule has 0 spiro atoms. The maximum absolute atomic E-state index is 10.5. The van der Waals surface area contributed by atoms with Crippen molar-refractivity contribution < 1.29 is 14.7 Å². The van der Waals surface area contributed by atoms with E-state index in [9.17, 15) is 9.59 Å². The van der Waals surface area contributed by atoms with Crippen molar-refractivity contribution in [3.63, 3.8) is 0 Å². The molecule has 5 N–H and O–H groups in total. The smallest absolute Gasteiger partial charge is 0.341 e. The number of nitrogens with two attached hydrogens (primary N) is 1. The summed E-state index contributed by atoms with van der Waals surface area (Å²) in [5.41, 5.74) is 13.3. The van der Waals surface area contributed by atoms with E-state index in [1.807, 2.05) is 0 Å². The molecule has 1 aromatic carbocycles. The number of carboxylic acids is 1. The molecule has 0 bridgehead atoms. The first-order valence-corrected chi connectivity index (χ1v) is 4.57. The number of hydrogen-bond donors (Lipinski definition) is 3. The third kappa shape index (κ3) is 3.58. The van der Waals surface area contributed by atoms with Crippen LogP contribution in [-0.4, -0.2) is 23.1 Å². The molecule has 0 aliphatic carbocycles. The zero-order valence-electron chi connectivity index (χ0n) is 8.43. The summed E-state index contributed by atoms with van der Waals surface area (Å²) in [7, 11) is 0. The van der Waals surface area contributed by atoms with Gasteiger partial charge >= 0.3 is 5.97 Å². The highest BCUT2D eigenvalue weighted by atomic mass is 16.4. The number of nitrogens with one attached hydrogen (secondary N) is 2. The maximum Gasteiger partial charge on any atom is 0.341 e. The second kappa shape index (κ2) is 5.13. The van der Waals surface area contributed by atoms with Crippen molar-refractivity contribution >= 4 is 17.6 Å². The minimum atomic E-state index is -1.16. The molecule has 1 radical (unpaired) electrons. The van der Waals surface area contributed by atoms with Crippen molar-refractivity contribution in [1.29, 1.82) is 0 Å². The van der Waals surface area contributed by atoms with Crippen molar-refractivity contribution in [3.05, 3.63) is 29.8 Å². The van der Waals surface area contributed by atoms with Gasteiger partial charge in [0.15, 0.2) is 6.17 Å². The highest BCUT2D eigenvalue weighted by Gasteiger charge is 2.10. The van der Waals surface area contributed by atoms with Crippen LogP contribution in [0.4, 0.5) is 5.69 Å². The molecule has 0 heterocycles. The lowest BCUT2D eigenvalue weighted by atomic mass is 10.1. The van der Waals surface area contributed by atoms with E-state index in [1.54, 1.807) is 24.3 Å². The predicted molar refractivity (Wildman–Crippen MR) is 57.5 cm³/mol. The Kier molecular flexibility index (Phi) is 3.84. The van der Waals surface area contributed by atoms with E-state index in [4.69, 9.17) is 16.6 Å². The van der Waals surface area contributed by atoms with Gasteiger partial charge in [-0.15, -0.1) is 0 Å². The summed E-state index contributed by atoms with van der Waals surface area (Å²) in [6.07, 6.45) is -1.12. The second-order valence-electron chi connectivity index (χ2n) is 3.26. The van der Waals surface area contributed by atoms with Crippen molar-refractivity contribution in [2.24, 2.45) is 5.73 Å². The monoisotopic (exact) mass is 222 g/mol. The van der Waals surface area contributed by atoms with Gasteiger partial charge in [-0.3, -0.25) is 10.5 Å². The lowest BCUT2D eigenvalue weighted by Gasteiger charge is -2.10. The first kappa shape index (κ1) is 12.0. The number of aliphatic carboxylic acids is 1. The van der Waals surface area contributed by atoms with Gasteiger partial charge in [0.05, 0.1) is 6.42 Å². The Morgan fingerprint density at radius 1 is 1.38 bits per heavy atom. The molecule has 1 rings (SSSR count). The molecular formula is C10H12N3O3. The largest absolute Gasteiger partial charge is 0.479 e. The lowest BCUT2D eigenvalue weighted by molar-refractivity contribution is -0.137. The van der Waals surface area contributed by atoms with E-state index in [1.165, 1.54) is 0 Å². The normalized spacial score (nSPS) is 11.8. The molecule has 0 aromatic heterocycles. The Morgan fingerprint density at radius 3 is 2.38 bits per heavy atom. The van der Waals surface area contributed by atoms with E-state index in [0.29, 0.717) is 11.3 Å². The van der Waals surface area contributed by atoms with Gasteiger partial charge in [0.25, 0.3) is 0 Å². The number of amides is 1. The number of anilines is 1. The number of hydrogen-bond acceptors (Lipinski definition) is 4. The predicted octanol–water partition coefficient (Wildman–Crippen LogP) is -0.180. The van der Waals surface area contributed by atoms with Crippen LogP contribution in [0.5, 0.6) is 0 Å². The number of carbonyl (C=O) groups excluding carboxylic acids is 1. The van der Waals surface area contributed by atoms with Crippen LogP contribution in [-0.2, 0) is 16.0 Å². The van der Waals surface area contributed by atoms with Crippen molar-refractivity contribution in [3.8, 4) is 0 Å². The van der Waals surface area contributed by atoms with Gasteiger partial charge in [0.2, 0.25) is 5.91 Å². The molecular weight excluding hydrogens is 210 g/mol. The van der Waals surface area contributed by atoms with E-state index in [0.717, 1.165) is 0 Å². The minimum absolute atomic E-state index is 0.0469. The fraction of sp³-hybridized carbons (Fsp3) is 0.200. The van der Waals surface area contributed by atoms with Gasteiger partial charge in [0.1, 0.15) is 0 Å². The van der Waals surface area contributed by atoms with Crippen LogP contribution in [0, 0.1) is 0 Å². The van der Waals surface area contributed by atoms with Crippen molar-refractivity contribution in [2.45, 2.75) is 12.6 Å². The Balaban J connectivity index is 2.64. The van der Waals surface area contributed by atoms with Crippen LogP contribution >= 0.6 is 0 Å². The molecule has 0 saturated carbocycles. The molecule has 6 nitrogen and oxygen atoms in total. The molecule has 1 amide bonds. The van der Waals surface area contributed by atoms with Gasteiger partial charge < -0.3 is 16.2 Å². The van der Waals surface area contributed by atoms with Gasteiger partial charge in [-0.2, -0.15) is 0 Å². The average Bonchev–Trinajstić information content (AvgIpc) is 2.20. The fourth-order valence-corrected chi connectivity index (χ4v) is 1.15. The third-order valence-corrected chi connectivity index (χ3v) is 1.91. The van der Waals surface area contributed by atoms with E-state index >= 15 is 0 Å². The molecule has 85 valence electrons. The zero-order valence-corrected chi connectivity index (χ0v) is 8.43. The summed E-state index contributed by atoms with van der Waals surface area (Å²) in [5, 5.41) is 11.1. The summed E-state index contributed by atoms with van der Waals surface area (Å²) in [5.74, 6) is -1.81. The summed E-state index contributed by atoms with van der Waals surface area (Å²) in [6.45, 7) is 0. The average molecular weight is 222 g/mol. The quantitative estimate of drug-likeness (QED) is 0.597. The summed E-state index contributed by atoms with van der Waals surface area (Å²) in [6, 6.07) is 6.51. The molecule has 6 heteroatoms. The van der Waals surface area contributed by atoms with Crippen LogP contribution in [0.3, 0.4) is 0 Å².